The summed E-state index contributed by atoms with van der Waals surface area (Å²) in [6.45, 7) is 0. The molecule has 0 heterocycles. The Morgan fingerprint density at radius 1 is 1.27 bits per heavy atom. The van der Waals surface area contributed by atoms with Gasteiger partial charge in [0, 0.05) is 12.4 Å². The number of carboxylic acid groups (broad SMARTS) is 2. The molecular weight excluding hydrogens is 238 g/mol. The van der Waals surface area contributed by atoms with Gasteiger partial charge in [-0.25, -0.2) is 0 Å². The number of alkyl halides is 1. The number of hydrogen-bond acceptors (Lipinski definition) is 4. The summed E-state index contributed by atoms with van der Waals surface area (Å²) < 4.78 is 0. The average molecular weight is 241 g/mol. The van der Waals surface area contributed by atoms with Gasteiger partial charge in [-0.3, -0.25) is 0 Å². The van der Waals surface area contributed by atoms with E-state index in [2.05, 4.69) is 15.9 Å². The first-order chi connectivity index (χ1) is 4.04. The minimum Gasteiger partial charge on any atom is -0.550 e. The van der Waals surface area contributed by atoms with E-state index in [1.54, 1.807) is 0 Å². The van der Waals surface area contributed by atoms with E-state index in [9.17, 15) is 19.8 Å². The minimum atomic E-state index is -1.45. The van der Waals surface area contributed by atoms with E-state index >= 15 is 0 Å². The van der Waals surface area contributed by atoms with Crippen molar-refractivity contribution in [3.8, 4) is 0 Å². The smallest absolute Gasteiger partial charge is 0.550 e. The topological polar surface area (TPSA) is 80.3 Å². The van der Waals surface area contributed by atoms with Crippen LogP contribution in [0.1, 0.15) is 6.42 Å². The van der Waals surface area contributed by atoms with Gasteiger partial charge in [0.05, 0.1) is 10.8 Å². The maximum Gasteiger partial charge on any atom is 1.00 e. The van der Waals surface area contributed by atoms with E-state index in [4.69, 9.17) is 0 Å². The molecule has 0 aromatic carbocycles. The van der Waals surface area contributed by atoms with Crippen LogP contribution in [0.5, 0.6) is 0 Å². The van der Waals surface area contributed by atoms with Crippen LogP contribution in [0.25, 0.3) is 0 Å². The Labute approximate surface area is 116 Å². The first kappa shape index (κ1) is 18.3. The van der Waals surface area contributed by atoms with Crippen LogP contribution in [0.15, 0.2) is 0 Å². The molecular formula is C4H3BrNa2O4. The molecule has 0 N–H and O–H groups in total. The van der Waals surface area contributed by atoms with Crippen molar-refractivity contribution in [1.29, 1.82) is 0 Å². The van der Waals surface area contributed by atoms with Crippen LogP contribution in [-0.2, 0) is 9.59 Å². The molecule has 0 aliphatic heterocycles. The van der Waals surface area contributed by atoms with Crippen LogP contribution in [-0.4, -0.2) is 16.8 Å². The fraction of sp³-hybridized carbons (Fsp3) is 0.500. The Bertz CT molecular complexity index is 140. The van der Waals surface area contributed by atoms with E-state index in [-0.39, 0.29) is 59.1 Å². The SMILES string of the molecule is O=C([O-])CC(Br)C(=O)[O-].[Na+].[Na+]. The van der Waals surface area contributed by atoms with Crippen molar-refractivity contribution in [3.63, 3.8) is 0 Å². The number of halogens is 1. The summed E-state index contributed by atoms with van der Waals surface area (Å²) in [7, 11) is 0. The summed E-state index contributed by atoms with van der Waals surface area (Å²) in [6, 6.07) is 0. The van der Waals surface area contributed by atoms with Crippen LogP contribution in [0, 0.1) is 0 Å². The largest absolute Gasteiger partial charge is 1.00 e. The third-order valence-corrected chi connectivity index (χ3v) is 1.30. The predicted octanol–water partition coefficient (Wildman–Crippen LogP) is -8.35. The molecule has 0 saturated carbocycles. The fourth-order valence-electron chi connectivity index (χ4n) is 0.230. The molecule has 1 unspecified atom stereocenters. The molecule has 52 valence electrons. The van der Waals surface area contributed by atoms with Crippen molar-refractivity contribution in [2.24, 2.45) is 0 Å². The van der Waals surface area contributed by atoms with Crippen LogP contribution in [0.4, 0.5) is 0 Å². The van der Waals surface area contributed by atoms with Crippen LogP contribution >= 0.6 is 15.9 Å². The average Bonchev–Trinajstić information content (AvgIpc) is 1.63. The van der Waals surface area contributed by atoms with Crippen LogP contribution in [0.2, 0.25) is 0 Å². The molecule has 11 heavy (non-hydrogen) atoms. The zero-order valence-electron chi connectivity index (χ0n) is 6.30. The quantitative estimate of drug-likeness (QED) is 0.363. The van der Waals surface area contributed by atoms with Crippen molar-refractivity contribution in [2.45, 2.75) is 11.2 Å². The second-order valence-corrected chi connectivity index (χ2v) is 2.47. The van der Waals surface area contributed by atoms with Gasteiger partial charge in [0.2, 0.25) is 0 Å². The van der Waals surface area contributed by atoms with Crippen LogP contribution in [0.3, 0.4) is 0 Å². The van der Waals surface area contributed by atoms with E-state index < -0.39 is 23.2 Å². The molecule has 4 nitrogen and oxygen atoms in total. The Kier molecular flexibility index (Phi) is 15.8. The summed E-state index contributed by atoms with van der Waals surface area (Å²) in [5.74, 6) is -2.86. The Balaban J connectivity index is -0.000000320. The molecule has 0 aliphatic rings. The standard InChI is InChI=1S/C4H5BrO4.2Na/c5-2(4(8)9)1-3(6)7;;/h2H,1H2,(H,6,7)(H,8,9);;/q;2*+1/p-2. The third-order valence-electron chi connectivity index (χ3n) is 0.602. The molecule has 0 fully saturated rings. The number of aliphatic carboxylic acids is 2. The molecule has 0 saturated heterocycles. The van der Waals surface area contributed by atoms with Crippen molar-refractivity contribution in [2.75, 3.05) is 0 Å². The molecule has 0 aliphatic carbocycles. The third kappa shape index (κ3) is 11.4. The zero-order chi connectivity index (χ0) is 7.44. The van der Waals surface area contributed by atoms with Gasteiger partial charge in [-0.1, -0.05) is 15.9 Å². The van der Waals surface area contributed by atoms with Gasteiger partial charge in [-0.2, -0.15) is 0 Å². The van der Waals surface area contributed by atoms with E-state index in [0.29, 0.717) is 0 Å². The zero-order valence-corrected chi connectivity index (χ0v) is 11.9. The first-order valence-electron chi connectivity index (χ1n) is 2.09. The van der Waals surface area contributed by atoms with Crippen molar-refractivity contribution in [1.82, 2.24) is 0 Å². The second-order valence-electron chi connectivity index (χ2n) is 1.36. The van der Waals surface area contributed by atoms with Gasteiger partial charge < -0.3 is 19.8 Å². The van der Waals surface area contributed by atoms with Gasteiger partial charge in [0.25, 0.3) is 0 Å². The number of carbonyl (C=O) groups is 2. The van der Waals surface area contributed by atoms with Crippen molar-refractivity contribution < 1.29 is 78.9 Å². The maximum atomic E-state index is 9.79. The molecule has 0 amide bonds. The first-order valence-corrected chi connectivity index (χ1v) is 3.00. The molecule has 1 atom stereocenters. The fourth-order valence-corrected chi connectivity index (χ4v) is 0.494. The van der Waals surface area contributed by atoms with Gasteiger partial charge in [-0.05, 0) is 0 Å². The Morgan fingerprint density at radius 2 is 1.64 bits per heavy atom. The molecule has 0 radical (unpaired) electrons. The normalized spacial score (nSPS) is 10.3. The number of rotatable bonds is 3. The molecule has 0 bridgehead atoms. The summed E-state index contributed by atoms with van der Waals surface area (Å²) in [5.41, 5.74) is 0. The molecule has 7 heteroatoms. The van der Waals surface area contributed by atoms with Gasteiger partial charge in [-0.15, -0.1) is 0 Å². The predicted molar refractivity (Wildman–Crippen MR) is 27.3 cm³/mol. The van der Waals surface area contributed by atoms with E-state index in [1.807, 2.05) is 0 Å². The summed E-state index contributed by atoms with van der Waals surface area (Å²) in [6.07, 6.45) is -0.567. The maximum absolute atomic E-state index is 9.79. The molecule has 0 rings (SSSR count). The molecule has 0 aromatic heterocycles. The van der Waals surface area contributed by atoms with Crippen molar-refractivity contribution in [3.05, 3.63) is 0 Å². The minimum absolute atomic E-state index is 0. The van der Waals surface area contributed by atoms with E-state index in [1.165, 1.54) is 0 Å². The van der Waals surface area contributed by atoms with E-state index in [0.717, 1.165) is 0 Å². The summed E-state index contributed by atoms with van der Waals surface area (Å²) in [5, 5.41) is 19.5. The van der Waals surface area contributed by atoms with Crippen molar-refractivity contribution >= 4 is 27.9 Å². The Hall–Kier alpha value is 1.42. The molecule has 0 aromatic rings. The molecule has 0 spiro atoms. The van der Waals surface area contributed by atoms with Gasteiger partial charge in [0.1, 0.15) is 0 Å². The van der Waals surface area contributed by atoms with Gasteiger partial charge in [0.15, 0.2) is 0 Å². The number of carboxylic acids is 2. The second kappa shape index (κ2) is 9.51. The van der Waals surface area contributed by atoms with Crippen LogP contribution < -0.4 is 69.3 Å². The summed E-state index contributed by atoms with van der Waals surface area (Å²) in [4.78, 5) is 18.3. The monoisotopic (exact) mass is 240 g/mol. The summed E-state index contributed by atoms with van der Waals surface area (Å²) >= 11 is 2.56. The Morgan fingerprint density at radius 3 is 1.73 bits per heavy atom. The van der Waals surface area contributed by atoms with Gasteiger partial charge >= 0.3 is 59.1 Å². The number of carbonyl (C=O) groups excluding carboxylic acids is 2. The number of hydrogen-bond donors (Lipinski definition) is 0.